The van der Waals surface area contributed by atoms with Crippen LogP contribution in [-0.4, -0.2) is 59.9 Å². The molecule has 0 unspecified atom stereocenters. The van der Waals surface area contributed by atoms with Crippen molar-refractivity contribution in [2.45, 2.75) is 63.6 Å². The van der Waals surface area contributed by atoms with Gasteiger partial charge in [0.25, 0.3) is 5.91 Å². The van der Waals surface area contributed by atoms with Crippen molar-refractivity contribution in [2.75, 3.05) is 26.3 Å². The van der Waals surface area contributed by atoms with E-state index in [-0.39, 0.29) is 18.0 Å². The molecule has 0 spiro atoms. The first-order chi connectivity index (χ1) is 12.4. The first kappa shape index (κ1) is 19.3. The zero-order valence-electron chi connectivity index (χ0n) is 16.0. The number of nitrogens with one attached hydrogen (secondary N) is 1. The van der Waals surface area contributed by atoms with Crippen LogP contribution in [0, 0.1) is 0 Å². The molecule has 2 aliphatic rings. The van der Waals surface area contributed by atoms with Crippen molar-refractivity contribution in [3.8, 4) is 0 Å². The maximum Gasteiger partial charge on any atom is 0.251 e. The van der Waals surface area contributed by atoms with E-state index in [1.807, 2.05) is 38.1 Å². The van der Waals surface area contributed by atoms with E-state index in [1.165, 1.54) is 19.3 Å². The van der Waals surface area contributed by atoms with Gasteiger partial charge in [-0.25, -0.2) is 0 Å². The van der Waals surface area contributed by atoms with E-state index in [1.54, 1.807) is 0 Å². The Morgan fingerprint density at radius 1 is 1.27 bits per heavy atom. The number of carbonyl (C=O) groups is 1. The zero-order valence-corrected chi connectivity index (χ0v) is 16.0. The second-order valence-electron chi connectivity index (χ2n) is 8.29. The fourth-order valence-corrected chi connectivity index (χ4v) is 3.86. The number of aryl methyl sites for hydroxylation is 1. The number of amides is 1. The SMILES string of the molecule is CC(C)(O)CCc1cccc(C(=O)N[C@H]2COC[C@@H]2N2CCCCC2)c1. The molecule has 0 saturated carbocycles. The third kappa shape index (κ3) is 5.29. The van der Waals surface area contributed by atoms with Crippen LogP contribution in [0.5, 0.6) is 0 Å². The van der Waals surface area contributed by atoms with Crippen LogP contribution in [0.3, 0.4) is 0 Å². The van der Waals surface area contributed by atoms with Gasteiger partial charge in [-0.15, -0.1) is 0 Å². The van der Waals surface area contributed by atoms with E-state index in [2.05, 4.69) is 10.2 Å². The van der Waals surface area contributed by atoms with E-state index in [0.29, 0.717) is 25.2 Å². The van der Waals surface area contributed by atoms with Crippen LogP contribution in [0.15, 0.2) is 24.3 Å². The molecule has 144 valence electrons. The Bertz CT molecular complexity index is 606. The third-order valence-electron chi connectivity index (χ3n) is 5.44. The number of nitrogens with zero attached hydrogens (tertiary/aromatic N) is 1. The number of hydrogen-bond donors (Lipinski definition) is 2. The molecule has 2 N–H and O–H groups in total. The highest BCUT2D eigenvalue weighted by molar-refractivity contribution is 5.94. The summed E-state index contributed by atoms with van der Waals surface area (Å²) in [6.45, 7) is 7.12. The minimum Gasteiger partial charge on any atom is -0.390 e. The molecule has 1 aromatic rings. The second-order valence-corrected chi connectivity index (χ2v) is 8.29. The molecule has 0 radical (unpaired) electrons. The highest BCUT2D eigenvalue weighted by Crippen LogP contribution is 2.20. The highest BCUT2D eigenvalue weighted by atomic mass is 16.5. The van der Waals surface area contributed by atoms with E-state index in [9.17, 15) is 9.90 Å². The Kier molecular flexibility index (Phi) is 6.33. The zero-order chi connectivity index (χ0) is 18.6. The fourth-order valence-electron chi connectivity index (χ4n) is 3.86. The lowest BCUT2D eigenvalue weighted by Crippen LogP contribution is -2.52. The van der Waals surface area contributed by atoms with Crippen molar-refractivity contribution >= 4 is 5.91 Å². The summed E-state index contributed by atoms with van der Waals surface area (Å²) < 4.78 is 5.68. The summed E-state index contributed by atoms with van der Waals surface area (Å²) in [5.74, 6) is -0.0346. The van der Waals surface area contributed by atoms with Crippen molar-refractivity contribution in [3.63, 3.8) is 0 Å². The average molecular weight is 360 g/mol. The third-order valence-corrected chi connectivity index (χ3v) is 5.44. The van der Waals surface area contributed by atoms with Crippen molar-refractivity contribution in [1.29, 1.82) is 0 Å². The summed E-state index contributed by atoms with van der Waals surface area (Å²) in [5.41, 5.74) is 1.07. The normalized spacial score (nSPS) is 24.6. The van der Waals surface area contributed by atoms with Crippen molar-refractivity contribution in [3.05, 3.63) is 35.4 Å². The Balaban J connectivity index is 1.60. The van der Waals surface area contributed by atoms with Gasteiger partial charge in [0, 0.05) is 5.56 Å². The van der Waals surface area contributed by atoms with Crippen LogP contribution in [-0.2, 0) is 11.2 Å². The van der Waals surface area contributed by atoms with Crippen LogP contribution < -0.4 is 5.32 Å². The van der Waals surface area contributed by atoms with Crippen LogP contribution in [0.1, 0.15) is 55.5 Å². The minimum atomic E-state index is -0.693. The number of likely N-dealkylation sites (tertiary alicyclic amines) is 1. The van der Waals surface area contributed by atoms with E-state index < -0.39 is 5.60 Å². The molecule has 0 bridgehead atoms. The largest absolute Gasteiger partial charge is 0.390 e. The van der Waals surface area contributed by atoms with Gasteiger partial charge in [0.2, 0.25) is 0 Å². The Hall–Kier alpha value is -1.43. The molecule has 2 atom stereocenters. The maximum absolute atomic E-state index is 12.7. The Morgan fingerprint density at radius 2 is 2.04 bits per heavy atom. The molecule has 2 fully saturated rings. The van der Waals surface area contributed by atoms with Gasteiger partial charge in [-0.1, -0.05) is 18.6 Å². The standard InChI is InChI=1S/C21H32N2O3/c1-21(2,25)10-9-16-7-6-8-17(13-16)20(24)22-18-14-26-15-19(18)23-11-4-3-5-12-23/h6-8,13,18-19,25H,3-5,9-12,14-15H2,1-2H3,(H,22,24)/t18-,19-/m0/s1. The van der Waals surface area contributed by atoms with Crippen molar-refractivity contribution < 1.29 is 14.6 Å². The Labute approximate surface area is 156 Å². The van der Waals surface area contributed by atoms with Crippen molar-refractivity contribution in [1.82, 2.24) is 10.2 Å². The molecule has 0 aromatic heterocycles. The molecule has 5 heteroatoms. The predicted octanol–water partition coefficient (Wildman–Crippen LogP) is 2.37. The summed E-state index contributed by atoms with van der Waals surface area (Å²) in [6.07, 6.45) is 5.21. The molecule has 2 heterocycles. The molecule has 1 aromatic carbocycles. The fraction of sp³-hybridized carbons (Fsp3) is 0.667. The lowest BCUT2D eigenvalue weighted by molar-refractivity contribution is 0.0714. The van der Waals surface area contributed by atoms with Crippen LogP contribution >= 0.6 is 0 Å². The summed E-state index contributed by atoms with van der Waals surface area (Å²) in [6, 6.07) is 8.07. The summed E-state index contributed by atoms with van der Waals surface area (Å²) in [7, 11) is 0. The predicted molar refractivity (Wildman–Crippen MR) is 102 cm³/mol. The van der Waals surface area contributed by atoms with Gasteiger partial charge in [-0.3, -0.25) is 9.69 Å². The highest BCUT2D eigenvalue weighted by Gasteiger charge is 2.34. The summed E-state index contributed by atoms with van der Waals surface area (Å²) in [4.78, 5) is 15.2. The number of aliphatic hydroxyl groups is 1. The quantitative estimate of drug-likeness (QED) is 0.818. The van der Waals surface area contributed by atoms with Crippen LogP contribution in [0.25, 0.3) is 0 Å². The molecule has 26 heavy (non-hydrogen) atoms. The van der Waals surface area contributed by atoms with E-state index >= 15 is 0 Å². The van der Waals surface area contributed by atoms with Gasteiger partial charge in [0.05, 0.1) is 30.9 Å². The Morgan fingerprint density at radius 3 is 2.77 bits per heavy atom. The number of carbonyl (C=O) groups excluding carboxylic acids is 1. The molecule has 2 aliphatic heterocycles. The van der Waals surface area contributed by atoms with Gasteiger partial charge < -0.3 is 15.2 Å². The monoisotopic (exact) mass is 360 g/mol. The number of rotatable bonds is 6. The second kappa shape index (κ2) is 8.51. The van der Waals surface area contributed by atoms with E-state index in [4.69, 9.17) is 4.74 Å². The van der Waals surface area contributed by atoms with Gasteiger partial charge in [0.15, 0.2) is 0 Å². The molecule has 5 nitrogen and oxygen atoms in total. The van der Waals surface area contributed by atoms with Crippen LogP contribution in [0.2, 0.25) is 0 Å². The lowest BCUT2D eigenvalue weighted by Gasteiger charge is -2.34. The molecule has 1 amide bonds. The summed E-state index contributed by atoms with van der Waals surface area (Å²) in [5, 5.41) is 13.1. The molecule has 3 rings (SSSR count). The number of benzene rings is 1. The smallest absolute Gasteiger partial charge is 0.251 e. The van der Waals surface area contributed by atoms with Gasteiger partial charge in [-0.05, 0) is 70.3 Å². The van der Waals surface area contributed by atoms with Gasteiger partial charge >= 0.3 is 0 Å². The topological polar surface area (TPSA) is 61.8 Å². The van der Waals surface area contributed by atoms with Crippen molar-refractivity contribution in [2.24, 2.45) is 0 Å². The number of hydrogen-bond acceptors (Lipinski definition) is 4. The molecule has 0 aliphatic carbocycles. The molecule has 2 saturated heterocycles. The first-order valence-corrected chi connectivity index (χ1v) is 9.86. The summed E-state index contributed by atoms with van der Waals surface area (Å²) >= 11 is 0. The average Bonchev–Trinajstić information content (AvgIpc) is 3.08. The number of piperidine rings is 1. The molecular weight excluding hydrogens is 328 g/mol. The maximum atomic E-state index is 12.7. The lowest BCUT2D eigenvalue weighted by atomic mass is 9.97. The number of ether oxygens (including phenoxy) is 1. The van der Waals surface area contributed by atoms with Gasteiger partial charge in [0.1, 0.15) is 0 Å². The molecular formula is C21H32N2O3. The first-order valence-electron chi connectivity index (χ1n) is 9.86. The minimum absolute atomic E-state index is 0.0346. The van der Waals surface area contributed by atoms with Gasteiger partial charge in [-0.2, -0.15) is 0 Å². The van der Waals surface area contributed by atoms with Crippen LogP contribution in [0.4, 0.5) is 0 Å². The van der Waals surface area contributed by atoms with E-state index in [0.717, 1.165) is 25.1 Å².